The second-order valence-electron chi connectivity index (χ2n) is 4.31. The number of halogens is 1. The zero-order chi connectivity index (χ0) is 12.3. The molecule has 17 heavy (non-hydrogen) atoms. The zero-order valence-electron chi connectivity index (χ0n) is 9.45. The largest absolute Gasteiger partial charge is 0.478 e. The van der Waals surface area contributed by atoms with Crippen LogP contribution in [0, 0.1) is 0 Å². The van der Waals surface area contributed by atoms with Gasteiger partial charge in [0.15, 0.2) is 0 Å². The van der Waals surface area contributed by atoms with E-state index in [2.05, 4.69) is 10.3 Å². The first-order chi connectivity index (χ1) is 8.18. The van der Waals surface area contributed by atoms with Gasteiger partial charge >= 0.3 is 5.97 Å². The highest BCUT2D eigenvalue weighted by Crippen LogP contribution is 2.27. The third kappa shape index (κ3) is 2.88. The van der Waals surface area contributed by atoms with Crippen LogP contribution < -0.4 is 5.32 Å². The molecule has 5 heteroatoms. The van der Waals surface area contributed by atoms with E-state index in [-0.39, 0.29) is 10.6 Å². The van der Waals surface area contributed by atoms with E-state index in [4.69, 9.17) is 16.7 Å². The number of nitrogens with one attached hydrogen (secondary N) is 1. The minimum atomic E-state index is -1.02. The molecule has 1 saturated carbocycles. The molecule has 0 aromatic carbocycles. The lowest BCUT2D eigenvalue weighted by Crippen LogP contribution is -2.23. The molecule has 0 saturated heterocycles. The summed E-state index contributed by atoms with van der Waals surface area (Å²) >= 11 is 6.02. The van der Waals surface area contributed by atoms with Crippen LogP contribution in [0.3, 0.4) is 0 Å². The van der Waals surface area contributed by atoms with Crippen LogP contribution in [-0.2, 0) is 0 Å². The number of aromatic carboxylic acids is 1. The highest BCUT2D eigenvalue weighted by atomic mass is 35.5. The van der Waals surface area contributed by atoms with E-state index in [0.29, 0.717) is 11.9 Å². The molecule has 92 valence electrons. The van der Waals surface area contributed by atoms with E-state index in [1.165, 1.54) is 31.5 Å². The second kappa shape index (κ2) is 5.36. The van der Waals surface area contributed by atoms with Gasteiger partial charge in [0, 0.05) is 12.2 Å². The van der Waals surface area contributed by atoms with E-state index in [1.54, 1.807) is 0 Å². The Kier molecular flexibility index (Phi) is 3.84. The van der Waals surface area contributed by atoms with E-state index >= 15 is 0 Å². The Balaban J connectivity index is 2.15. The maximum Gasteiger partial charge on any atom is 0.337 e. The fourth-order valence-electron chi connectivity index (χ4n) is 2.15. The van der Waals surface area contributed by atoms with Crippen molar-refractivity contribution in [1.29, 1.82) is 0 Å². The van der Waals surface area contributed by atoms with Crippen molar-refractivity contribution in [3.05, 3.63) is 22.8 Å². The van der Waals surface area contributed by atoms with Gasteiger partial charge < -0.3 is 10.4 Å². The van der Waals surface area contributed by atoms with Gasteiger partial charge in [0.2, 0.25) is 0 Å². The summed E-state index contributed by atoms with van der Waals surface area (Å²) < 4.78 is 0. The monoisotopic (exact) mass is 254 g/mol. The summed E-state index contributed by atoms with van der Waals surface area (Å²) in [6.45, 7) is 0. The number of pyridine rings is 1. The van der Waals surface area contributed by atoms with E-state index < -0.39 is 5.97 Å². The van der Waals surface area contributed by atoms with Gasteiger partial charge in [-0.3, -0.25) is 0 Å². The van der Waals surface area contributed by atoms with Crippen molar-refractivity contribution in [1.82, 2.24) is 4.98 Å². The first kappa shape index (κ1) is 12.2. The lowest BCUT2D eigenvalue weighted by molar-refractivity contribution is 0.0697. The molecule has 0 radical (unpaired) electrons. The van der Waals surface area contributed by atoms with Crippen LogP contribution in [0.2, 0.25) is 5.02 Å². The van der Waals surface area contributed by atoms with Gasteiger partial charge in [0.05, 0.1) is 10.6 Å². The van der Waals surface area contributed by atoms with Crippen molar-refractivity contribution in [3.8, 4) is 0 Å². The van der Waals surface area contributed by atoms with Crippen molar-refractivity contribution < 1.29 is 9.90 Å². The van der Waals surface area contributed by atoms with Gasteiger partial charge in [-0.15, -0.1) is 0 Å². The van der Waals surface area contributed by atoms with Crippen molar-refractivity contribution >= 4 is 23.4 Å². The van der Waals surface area contributed by atoms with Gasteiger partial charge in [-0.05, 0) is 18.9 Å². The fraction of sp³-hybridized carbons (Fsp3) is 0.500. The summed E-state index contributed by atoms with van der Waals surface area (Å²) in [6.07, 6.45) is 7.33. The van der Waals surface area contributed by atoms with Gasteiger partial charge in [-0.2, -0.15) is 0 Å². The topological polar surface area (TPSA) is 62.2 Å². The Bertz CT molecular complexity index is 417. The lowest BCUT2D eigenvalue weighted by Gasteiger charge is -2.23. The molecule has 0 amide bonds. The molecule has 1 aliphatic rings. The molecule has 0 unspecified atom stereocenters. The van der Waals surface area contributed by atoms with Crippen molar-refractivity contribution in [2.24, 2.45) is 0 Å². The van der Waals surface area contributed by atoms with Crippen molar-refractivity contribution in [2.45, 2.75) is 38.1 Å². The molecular formula is C12H15ClN2O2. The van der Waals surface area contributed by atoms with E-state index in [0.717, 1.165) is 12.8 Å². The number of aromatic nitrogens is 1. The minimum Gasteiger partial charge on any atom is -0.478 e. The summed E-state index contributed by atoms with van der Waals surface area (Å²) in [5.41, 5.74) is 0.0972. The Morgan fingerprint density at radius 2 is 2.12 bits per heavy atom. The first-order valence-electron chi connectivity index (χ1n) is 5.83. The summed E-state index contributed by atoms with van der Waals surface area (Å²) in [5.74, 6) is -0.539. The van der Waals surface area contributed by atoms with Crippen LogP contribution >= 0.6 is 11.6 Å². The predicted octanol–water partition coefficient (Wildman–Crippen LogP) is 3.18. The maximum atomic E-state index is 10.9. The Morgan fingerprint density at radius 1 is 1.41 bits per heavy atom. The standard InChI is InChI=1S/C12H15ClN2O2/c13-10-9(12(16)17)6-7-14-11(10)15-8-4-2-1-3-5-8/h6-8H,1-5H2,(H,14,15)(H,16,17). The van der Waals surface area contributed by atoms with Crippen LogP contribution in [0.4, 0.5) is 5.82 Å². The number of anilines is 1. The van der Waals surface area contributed by atoms with Crippen LogP contribution in [0.5, 0.6) is 0 Å². The van der Waals surface area contributed by atoms with Crippen LogP contribution in [0.1, 0.15) is 42.5 Å². The molecule has 2 rings (SSSR count). The number of carboxylic acid groups (broad SMARTS) is 1. The highest BCUT2D eigenvalue weighted by molar-refractivity contribution is 6.35. The molecule has 0 aliphatic heterocycles. The molecule has 1 aliphatic carbocycles. The predicted molar refractivity (Wildman–Crippen MR) is 66.7 cm³/mol. The summed E-state index contributed by atoms with van der Waals surface area (Å²) in [7, 11) is 0. The minimum absolute atomic E-state index is 0.0972. The van der Waals surface area contributed by atoms with Gasteiger partial charge in [0.25, 0.3) is 0 Å². The Morgan fingerprint density at radius 3 is 2.76 bits per heavy atom. The zero-order valence-corrected chi connectivity index (χ0v) is 10.2. The molecular weight excluding hydrogens is 240 g/mol. The lowest BCUT2D eigenvalue weighted by atomic mass is 9.95. The van der Waals surface area contributed by atoms with Crippen LogP contribution in [0.25, 0.3) is 0 Å². The maximum absolute atomic E-state index is 10.9. The van der Waals surface area contributed by atoms with Gasteiger partial charge in [0.1, 0.15) is 5.82 Å². The van der Waals surface area contributed by atoms with E-state index in [9.17, 15) is 4.79 Å². The molecule has 4 nitrogen and oxygen atoms in total. The molecule has 0 spiro atoms. The van der Waals surface area contributed by atoms with Crippen LogP contribution in [-0.4, -0.2) is 22.1 Å². The molecule has 1 fully saturated rings. The van der Waals surface area contributed by atoms with Gasteiger partial charge in [-0.1, -0.05) is 30.9 Å². The smallest absolute Gasteiger partial charge is 0.337 e. The number of carboxylic acids is 1. The number of rotatable bonds is 3. The normalized spacial score (nSPS) is 16.8. The summed E-state index contributed by atoms with van der Waals surface area (Å²) in [4.78, 5) is 15.0. The molecule has 1 heterocycles. The molecule has 1 aromatic heterocycles. The third-order valence-corrected chi connectivity index (χ3v) is 3.45. The first-order valence-corrected chi connectivity index (χ1v) is 6.20. The number of hydrogen-bond acceptors (Lipinski definition) is 3. The molecule has 2 N–H and O–H groups in total. The quantitative estimate of drug-likeness (QED) is 0.870. The van der Waals surface area contributed by atoms with Gasteiger partial charge in [-0.25, -0.2) is 9.78 Å². The van der Waals surface area contributed by atoms with Crippen molar-refractivity contribution in [2.75, 3.05) is 5.32 Å². The fourth-order valence-corrected chi connectivity index (χ4v) is 2.40. The summed E-state index contributed by atoms with van der Waals surface area (Å²) in [6, 6.07) is 1.77. The number of hydrogen-bond donors (Lipinski definition) is 2. The average molecular weight is 255 g/mol. The summed E-state index contributed by atoms with van der Waals surface area (Å²) in [5, 5.41) is 12.4. The van der Waals surface area contributed by atoms with Crippen LogP contribution in [0.15, 0.2) is 12.3 Å². The molecule has 0 atom stereocenters. The third-order valence-electron chi connectivity index (χ3n) is 3.07. The molecule has 1 aromatic rings. The van der Waals surface area contributed by atoms with E-state index in [1.807, 2.05) is 0 Å². The Hall–Kier alpha value is -1.29. The highest BCUT2D eigenvalue weighted by Gasteiger charge is 2.18. The number of carbonyl (C=O) groups is 1. The Labute approximate surface area is 105 Å². The number of nitrogens with zero attached hydrogens (tertiary/aromatic N) is 1. The second-order valence-corrected chi connectivity index (χ2v) is 4.68. The SMILES string of the molecule is O=C(O)c1ccnc(NC2CCCCC2)c1Cl. The van der Waals surface area contributed by atoms with Crippen molar-refractivity contribution in [3.63, 3.8) is 0 Å². The molecule has 0 bridgehead atoms. The average Bonchev–Trinajstić information content (AvgIpc) is 2.33.